The van der Waals surface area contributed by atoms with E-state index >= 15 is 0 Å². The van der Waals surface area contributed by atoms with Crippen LogP contribution >= 0.6 is 0 Å². The van der Waals surface area contributed by atoms with Gasteiger partial charge < -0.3 is 48.0 Å². The monoisotopic (exact) mass is 500 g/mol. The molecule has 2 aromatic rings. The molecule has 0 atom stereocenters. The normalized spacial score (nSPS) is 12.3. The number of hydrogen-bond donors (Lipinski definition) is 8. The molecule has 0 fully saturated rings. The van der Waals surface area contributed by atoms with Crippen molar-refractivity contribution < 1.29 is 20.2 Å². The Labute approximate surface area is 208 Å². The van der Waals surface area contributed by atoms with Gasteiger partial charge in [0, 0.05) is 27.2 Å². The van der Waals surface area contributed by atoms with Crippen molar-refractivity contribution in [2.24, 2.45) is 38.1 Å². The van der Waals surface area contributed by atoms with Gasteiger partial charge in [-0.2, -0.15) is 4.99 Å². The van der Waals surface area contributed by atoms with Gasteiger partial charge in [-0.1, -0.05) is 12.1 Å². The molecule has 0 bridgehead atoms. The first-order valence-electron chi connectivity index (χ1n) is 10.7. The van der Waals surface area contributed by atoms with Crippen molar-refractivity contribution in [1.82, 2.24) is 9.80 Å². The topological polar surface area (TPSA) is 241 Å². The Morgan fingerprint density at radius 3 is 2.17 bits per heavy atom. The molecule has 2 aromatic carbocycles. The van der Waals surface area contributed by atoms with Crippen LogP contribution in [0.4, 0.5) is 0 Å². The van der Waals surface area contributed by atoms with E-state index in [9.17, 15) is 15.3 Å². The summed E-state index contributed by atoms with van der Waals surface area (Å²) in [5, 5.41) is 40.2. The maximum absolute atomic E-state index is 10.2. The lowest BCUT2D eigenvalue weighted by Gasteiger charge is -2.17. The Morgan fingerprint density at radius 1 is 0.889 bits per heavy atom. The second-order valence-electron chi connectivity index (χ2n) is 7.74. The van der Waals surface area contributed by atoms with Gasteiger partial charge in [-0.25, -0.2) is 0 Å². The molecule has 0 aliphatic rings. The summed E-state index contributed by atoms with van der Waals surface area (Å²) in [5.41, 5.74) is 24.3. The van der Waals surface area contributed by atoms with Gasteiger partial charge in [-0.3, -0.25) is 15.3 Å². The van der Waals surface area contributed by atoms with Crippen LogP contribution in [0.3, 0.4) is 0 Å². The highest BCUT2D eigenvalue weighted by Crippen LogP contribution is 2.27. The summed E-state index contributed by atoms with van der Waals surface area (Å²) < 4.78 is 0. The largest absolute Gasteiger partial charge is 0.504 e. The fraction of sp³-hybridized carbons (Fsp3) is 0.273. The third kappa shape index (κ3) is 8.16. The van der Waals surface area contributed by atoms with Gasteiger partial charge >= 0.3 is 0 Å². The number of hydrogen-bond acceptors (Lipinski definition) is 7. The maximum atomic E-state index is 10.2. The zero-order chi connectivity index (χ0) is 26.8. The maximum Gasteiger partial charge on any atom is 0.260 e. The molecule has 0 aromatic heterocycles. The molecule has 0 aliphatic heterocycles. The quantitative estimate of drug-likeness (QED) is 0.101. The van der Waals surface area contributed by atoms with Crippen LogP contribution in [0.25, 0.3) is 0 Å². The molecule has 12 N–H and O–H groups in total. The van der Waals surface area contributed by atoms with Crippen molar-refractivity contribution in [2.45, 2.75) is 12.8 Å². The van der Waals surface area contributed by atoms with Gasteiger partial charge in [0.15, 0.2) is 40.9 Å². The molecule has 0 amide bonds. The van der Waals surface area contributed by atoms with E-state index in [1.54, 1.807) is 24.1 Å². The van der Waals surface area contributed by atoms with Crippen molar-refractivity contribution in [1.29, 1.82) is 5.41 Å². The van der Waals surface area contributed by atoms with Gasteiger partial charge in [0.1, 0.15) is 0 Å². The summed E-state index contributed by atoms with van der Waals surface area (Å²) in [5.74, 6) is -0.765. The number of nitrogens with zero attached hydrogens (tertiary/aromatic N) is 5. The summed E-state index contributed by atoms with van der Waals surface area (Å²) in [6.45, 7) is 0.778. The van der Waals surface area contributed by atoms with E-state index in [0.717, 1.165) is 11.1 Å². The number of oxime groups is 1. The standard InChI is InChI=1S/C22H32N10O4/c1-31(10-8-14-3-5-15(33)16(34)11-14)22(27)29-20(25)30-36-18-6-4-13(12-17(18)35)7-9-28-21(26)32(2)19(23)24/h3-6,11-12,33-35H,7-10H2,1-2H3,(H3,23,24)(H2,26,28)(H4,25,27,29,30). The number of phenolic OH excluding ortho intramolecular Hbond substituents is 3. The van der Waals surface area contributed by atoms with E-state index in [1.807, 2.05) is 0 Å². The Bertz CT molecular complexity index is 1170. The van der Waals surface area contributed by atoms with E-state index in [0.29, 0.717) is 25.9 Å². The molecule has 0 saturated carbocycles. The molecule has 14 nitrogen and oxygen atoms in total. The Hall–Kier alpha value is -4.88. The van der Waals surface area contributed by atoms with Crippen LogP contribution in [0.5, 0.6) is 23.0 Å². The molecular formula is C22H32N10O4. The van der Waals surface area contributed by atoms with Gasteiger partial charge in [0.05, 0.1) is 0 Å². The van der Waals surface area contributed by atoms with Crippen LogP contribution in [0.2, 0.25) is 0 Å². The Kier molecular flexibility index (Phi) is 9.54. The van der Waals surface area contributed by atoms with E-state index in [-0.39, 0.29) is 46.8 Å². The van der Waals surface area contributed by atoms with Crippen molar-refractivity contribution in [3.63, 3.8) is 0 Å². The minimum Gasteiger partial charge on any atom is -0.504 e. The van der Waals surface area contributed by atoms with Crippen molar-refractivity contribution in [2.75, 3.05) is 27.2 Å². The Balaban J connectivity index is 1.91. The summed E-state index contributed by atoms with van der Waals surface area (Å²) in [6.07, 6.45) is 1.00. The zero-order valence-electron chi connectivity index (χ0n) is 20.1. The van der Waals surface area contributed by atoms with Crippen LogP contribution in [-0.4, -0.2) is 76.1 Å². The first-order chi connectivity index (χ1) is 17.0. The summed E-state index contributed by atoms with van der Waals surface area (Å²) in [6, 6.07) is 9.29. The predicted octanol–water partition coefficient (Wildman–Crippen LogP) is -0.416. The summed E-state index contributed by atoms with van der Waals surface area (Å²) in [7, 11) is 3.24. The van der Waals surface area contributed by atoms with Crippen molar-refractivity contribution in [3.05, 3.63) is 47.5 Å². The molecule has 0 saturated heterocycles. The van der Waals surface area contributed by atoms with Crippen LogP contribution < -0.4 is 27.8 Å². The highest BCUT2D eigenvalue weighted by Gasteiger charge is 2.08. The average molecular weight is 501 g/mol. The lowest BCUT2D eigenvalue weighted by atomic mass is 10.1. The number of benzene rings is 2. The summed E-state index contributed by atoms with van der Waals surface area (Å²) >= 11 is 0. The van der Waals surface area contributed by atoms with Gasteiger partial charge in [0.2, 0.25) is 0 Å². The lowest BCUT2D eigenvalue weighted by Crippen LogP contribution is -2.42. The van der Waals surface area contributed by atoms with Crippen LogP contribution in [0, 0.1) is 5.41 Å². The highest BCUT2D eigenvalue weighted by molar-refractivity contribution is 5.95. The second kappa shape index (κ2) is 12.5. The number of nitrogens with one attached hydrogen (secondary N) is 1. The molecule has 2 rings (SSSR count). The molecule has 0 aliphatic carbocycles. The SMILES string of the molecule is CN(CCc1ccc(O)c(O)c1)C(N)=NC(N)=NOc1ccc(CCN=C(N)N(C)C(=N)N)cc1O. The molecule has 0 heterocycles. The van der Waals surface area contributed by atoms with E-state index in [2.05, 4.69) is 15.1 Å². The number of nitrogens with two attached hydrogens (primary N) is 4. The minimum absolute atomic E-state index is 0.0651. The number of likely N-dealkylation sites (N-methyl/N-ethyl adjacent to an activating group) is 1. The number of phenols is 3. The average Bonchev–Trinajstić information content (AvgIpc) is 2.83. The van der Waals surface area contributed by atoms with E-state index < -0.39 is 0 Å². The van der Waals surface area contributed by atoms with Gasteiger partial charge in [-0.15, -0.1) is 0 Å². The molecule has 36 heavy (non-hydrogen) atoms. The van der Waals surface area contributed by atoms with Crippen molar-refractivity contribution in [3.8, 4) is 23.0 Å². The number of guanidine groups is 4. The molecule has 0 radical (unpaired) electrons. The van der Waals surface area contributed by atoms with Gasteiger partial charge in [0.25, 0.3) is 5.96 Å². The third-order valence-corrected chi connectivity index (χ3v) is 5.04. The van der Waals surface area contributed by atoms with Crippen LogP contribution in [0.15, 0.2) is 51.5 Å². The number of aromatic hydroxyl groups is 3. The first-order valence-corrected chi connectivity index (χ1v) is 10.7. The molecule has 194 valence electrons. The fourth-order valence-electron chi connectivity index (χ4n) is 2.78. The smallest absolute Gasteiger partial charge is 0.260 e. The highest BCUT2D eigenvalue weighted by atomic mass is 16.6. The third-order valence-electron chi connectivity index (χ3n) is 5.04. The van der Waals surface area contributed by atoms with E-state index in [1.165, 1.54) is 36.2 Å². The molecular weight excluding hydrogens is 468 g/mol. The van der Waals surface area contributed by atoms with Crippen LogP contribution in [0.1, 0.15) is 11.1 Å². The first kappa shape index (κ1) is 27.4. The van der Waals surface area contributed by atoms with Crippen LogP contribution in [-0.2, 0) is 12.8 Å². The van der Waals surface area contributed by atoms with Gasteiger partial charge in [-0.05, 0) is 53.4 Å². The predicted molar refractivity (Wildman–Crippen MR) is 138 cm³/mol. The fourth-order valence-corrected chi connectivity index (χ4v) is 2.78. The number of aliphatic imine (C=N–C) groups is 2. The minimum atomic E-state index is -0.260. The number of rotatable bonds is 8. The van der Waals surface area contributed by atoms with E-state index in [4.69, 9.17) is 33.2 Å². The molecule has 14 heteroatoms. The zero-order valence-corrected chi connectivity index (χ0v) is 20.1. The Morgan fingerprint density at radius 2 is 1.53 bits per heavy atom. The van der Waals surface area contributed by atoms with Crippen molar-refractivity contribution >= 4 is 23.8 Å². The second-order valence-corrected chi connectivity index (χ2v) is 7.74. The lowest BCUT2D eigenvalue weighted by molar-refractivity contribution is 0.317. The molecule has 0 spiro atoms. The molecule has 0 unspecified atom stereocenters. The summed E-state index contributed by atoms with van der Waals surface area (Å²) in [4.78, 5) is 16.1.